The van der Waals surface area contributed by atoms with Crippen LogP contribution in [0.15, 0.2) is 77.7 Å². The zero-order valence-corrected chi connectivity index (χ0v) is 16.1. The van der Waals surface area contributed by atoms with E-state index in [1.165, 1.54) is 12.1 Å². The Morgan fingerprint density at radius 2 is 1.66 bits per heavy atom. The number of para-hydroxylation sites is 2. The number of sulfonamides is 1. The predicted molar refractivity (Wildman–Crippen MR) is 112 cm³/mol. The Kier molecular flexibility index (Phi) is 4.87. The quantitative estimate of drug-likeness (QED) is 0.472. The number of hydrogen-bond acceptors (Lipinski definition) is 4. The minimum Gasteiger partial charge on any atom is -0.338 e. The van der Waals surface area contributed by atoms with Gasteiger partial charge in [-0.15, -0.1) is 0 Å². The number of H-pyrrole nitrogens is 1. The topological polar surface area (TPSA) is 118 Å². The molecule has 3 aromatic carbocycles. The van der Waals surface area contributed by atoms with Gasteiger partial charge < -0.3 is 10.3 Å². The highest BCUT2D eigenvalue weighted by Gasteiger charge is 2.10. The van der Waals surface area contributed by atoms with E-state index in [0.717, 1.165) is 22.4 Å². The smallest absolute Gasteiger partial charge is 0.238 e. The van der Waals surface area contributed by atoms with E-state index in [2.05, 4.69) is 15.3 Å². The number of aromatic nitrogens is 2. The van der Waals surface area contributed by atoms with Crippen molar-refractivity contribution in [3.8, 4) is 11.4 Å². The first-order valence-corrected chi connectivity index (χ1v) is 10.4. The summed E-state index contributed by atoms with van der Waals surface area (Å²) in [7, 11) is -3.74. The standard InChI is InChI=1S/C21H18N4O3S/c22-29(27,28)17-11-5-14(6-12-17)13-20(26)23-16-9-7-15(8-10-16)21-24-18-3-1-2-4-19(18)25-21/h1-12H,13H2,(H,23,26)(H,24,25)(H2,22,27,28). The maximum Gasteiger partial charge on any atom is 0.238 e. The first kappa shape index (κ1) is 18.9. The third-order valence-corrected chi connectivity index (χ3v) is 5.38. The fraction of sp³-hybridized carbons (Fsp3) is 0.0476. The molecule has 0 aliphatic carbocycles. The molecule has 146 valence electrons. The first-order chi connectivity index (χ1) is 13.9. The molecule has 0 spiro atoms. The summed E-state index contributed by atoms with van der Waals surface area (Å²) in [4.78, 5) is 20.1. The van der Waals surface area contributed by atoms with Gasteiger partial charge in [0.25, 0.3) is 0 Å². The molecule has 0 fully saturated rings. The normalized spacial score (nSPS) is 11.5. The number of fused-ring (bicyclic) bond motifs is 1. The van der Waals surface area contributed by atoms with Crippen molar-refractivity contribution in [1.82, 2.24) is 9.97 Å². The van der Waals surface area contributed by atoms with Gasteiger partial charge in [-0.05, 0) is 54.1 Å². The summed E-state index contributed by atoms with van der Waals surface area (Å²) >= 11 is 0. The predicted octanol–water partition coefficient (Wildman–Crippen LogP) is 3.06. The maximum atomic E-state index is 12.3. The Hall–Kier alpha value is -3.49. The molecule has 4 aromatic rings. The summed E-state index contributed by atoms with van der Waals surface area (Å²) in [6.07, 6.45) is 0.121. The molecule has 0 saturated heterocycles. The van der Waals surface area contributed by atoms with Gasteiger partial charge in [0, 0.05) is 11.3 Å². The highest BCUT2D eigenvalue weighted by molar-refractivity contribution is 7.89. The van der Waals surface area contributed by atoms with Crippen LogP contribution < -0.4 is 10.5 Å². The number of rotatable bonds is 5. The third kappa shape index (κ3) is 4.34. The lowest BCUT2D eigenvalue weighted by molar-refractivity contribution is -0.115. The fourth-order valence-corrected chi connectivity index (χ4v) is 3.50. The van der Waals surface area contributed by atoms with Crippen LogP contribution in [0.1, 0.15) is 5.56 Å². The number of hydrogen-bond donors (Lipinski definition) is 3. The molecule has 4 N–H and O–H groups in total. The summed E-state index contributed by atoms with van der Waals surface area (Å²) < 4.78 is 22.6. The highest BCUT2D eigenvalue weighted by Crippen LogP contribution is 2.22. The van der Waals surface area contributed by atoms with Gasteiger partial charge >= 0.3 is 0 Å². The van der Waals surface area contributed by atoms with E-state index in [1.54, 1.807) is 12.1 Å². The molecule has 0 aliphatic heterocycles. The molecule has 0 radical (unpaired) electrons. The van der Waals surface area contributed by atoms with E-state index in [1.807, 2.05) is 48.5 Å². The molecule has 0 bridgehead atoms. The van der Waals surface area contributed by atoms with E-state index in [4.69, 9.17) is 5.14 Å². The second kappa shape index (κ2) is 7.50. The Balaban J connectivity index is 1.42. The molecular formula is C21H18N4O3S. The molecule has 1 heterocycles. The minimum atomic E-state index is -3.74. The van der Waals surface area contributed by atoms with Gasteiger partial charge in [-0.25, -0.2) is 18.5 Å². The van der Waals surface area contributed by atoms with E-state index in [9.17, 15) is 13.2 Å². The lowest BCUT2D eigenvalue weighted by Gasteiger charge is -2.07. The summed E-state index contributed by atoms with van der Waals surface area (Å²) in [6.45, 7) is 0. The number of carbonyl (C=O) groups is 1. The molecule has 1 amide bonds. The van der Waals surface area contributed by atoms with Gasteiger partial charge in [0.05, 0.1) is 22.3 Å². The molecular weight excluding hydrogens is 388 g/mol. The molecule has 7 nitrogen and oxygen atoms in total. The van der Waals surface area contributed by atoms with Gasteiger partial charge in [-0.2, -0.15) is 0 Å². The first-order valence-electron chi connectivity index (χ1n) is 8.85. The monoisotopic (exact) mass is 406 g/mol. The highest BCUT2D eigenvalue weighted by atomic mass is 32.2. The summed E-state index contributed by atoms with van der Waals surface area (Å²) in [5.41, 5.74) is 4.13. The Bertz CT molecular complexity index is 1240. The van der Waals surface area contributed by atoms with Crippen molar-refractivity contribution in [3.05, 3.63) is 78.4 Å². The van der Waals surface area contributed by atoms with Crippen molar-refractivity contribution in [2.24, 2.45) is 5.14 Å². The number of primary sulfonamides is 1. The van der Waals surface area contributed by atoms with Crippen molar-refractivity contribution < 1.29 is 13.2 Å². The van der Waals surface area contributed by atoms with Crippen LogP contribution in [0.25, 0.3) is 22.4 Å². The third-order valence-electron chi connectivity index (χ3n) is 4.45. The van der Waals surface area contributed by atoms with Crippen LogP contribution in [-0.4, -0.2) is 24.3 Å². The maximum absolute atomic E-state index is 12.3. The summed E-state index contributed by atoms with van der Waals surface area (Å²) in [5, 5.41) is 7.90. The summed E-state index contributed by atoms with van der Waals surface area (Å²) in [5.74, 6) is 0.559. The summed E-state index contributed by atoms with van der Waals surface area (Å²) in [6, 6.07) is 21.1. The molecule has 1 aromatic heterocycles. The number of anilines is 1. The van der Waals surface area contributed by atoms with Gasteiger partial charge in [0.2, 0.25) is 15.9 Å². The zero-order valence-electron chi connectivity index (χ0n) is 15.3. The van der Waals surface area contributed by atoms with E-state index in [-0.39, 0.29) is 17.2 Å². The molecule has 0 unspecified atom stereocenters. The minimum absolute atomic E-state index is 0.0165. The van der Waals surface area contributed by atoms with Gasteiger partial charge in [-0.1, -0.05) is 24.3 Å². The average Bonchev–Trinajstić information content (AvgIpc) is 3.12. The lowest BCUT2D eigenvalue weighted by atomic mass is 10.1. The molecule has 29 heavy (non-hydrogen) atoms. The van der Waals surface area contributed by atoms with Crippen LogP contribution in [-0.2, 0) is 21.2 Å². The Morgan fingerprint density at radius 1 is 0.966 bits per heavy atom. The second-order valence-corrected chi connectivity index (χ2v) is 8.16. The lowest BCUT2D eigenvalue weighted by Crippen LogP contribution is -2.15. The molecule has 0 atom stereocenters. The van der Waals surface area contributed by atoms with Crippen LogP contribution in [0.2, 0.25) is 0 Å². The van der Waals surface area contributed by atoms with Crippen LogP contribution >= 0.6 is 0 Å². The SMILES string of the molecule is NS(=O)(=O)c1ccc(CC(=O)Nc2ccc(-c3nc4ccccc4[nH]3)cc2)cc1. The molecule has 4 rings (SSSR count). The largest absolute Gasteiger partial charge is 0.338 e. The van der Waals surface area contributed by atoms with Gasteiger partial charge in [-0.3, -0.25) is 4.79 Å². The fourth-order valence-electron chi connectivity index (χ4n) is 2.99. The van der Waals surface area contributed by atoms with E-state index >= 15 is 0 Å². The van der Waals surface area contributed by atoms with Crippen LogP contribution in [0.5, 0.6) is 0 Å². The van der Waals surface area contributed by atoms with E-state index < -0.39 is 10.0 Å². The van der Waals surface area contributed by atoms with Crippen molar-refractivity contribution >= 4 is 32.7 Å². The molecule has 8 heteroatoms. The number of carbonyl (C=O) groups excluding carboxylic acids is 1. The number of amides is 1. The van der Waals surface area contributed by atoms with Crippen molar-refractivity contribution in [2.45, 2.75) is 11.3 Å². The van der Waals surface area contributed by atoms with Crippen molar-refractivity contribution in [3.63, 3.8) is 0 Å². The number of nitrogens with one attached hydrogen (secondary N) is 2. The van der Waals surface area contributed by atoms with Crippen molar-refractivity contribution in [1.29, 1.82) is 0 Å². The Morgan fingerprint density at radius 3 is 2.31 bits per heavy atom. The van der Waals surface area contributed by atoms with Gasteiger partial charge in [0.1, 0.15) is 5.82 Å². The van der Waals surface area contributed by atoms with Crippen LogP contribution in [0.4, 0.5) is 5.69 Å². The average molecular weight is 406 g/mol. The zero-order chi connectivity index (χ0) is 20.4. The molecule has 0 saturated carbocycles. The number of benzene rings is 3. The second-order valence-electron chi connectivity index (χ2n) is 6.59. The Labute approximate surface area is 167 Å². The number of nitrogens with two attached hydrogens (primary N) is 1. The van der Waals surface area contributed by atoms with Crippen molar-refractivity contribution in [2.75, 3.05) is 5.32 Å². The number of aromatic amines is 1. The molecule has 0 aliphatic rings. The van der Waals surface area contributed by atoms with Crippen LogP contribution in [0.3, 0.4) is 0 Å². The van der Waals surface area contributed by atoms with E-state index in [0.29, 0.717) is 11.3 Å². The number of nitrogens with zero attached hydrogens (tertiary/aromatic N) is 1. The number of imidazole rings is 1. The van der Waals surface area contributed by atoms with Crippen LogP contribution in [0, 0.1) is 0 Å². The van der Waals surface area contributed by atoms with Gasteiger partial charge in [0.15, 0.2) is 0 Å².